The van der Waals surface area contributed by atoms with E-state index in [0.29, 0.717) is 25.4 Å². The van der Waals surface area contributed by atoms with E-state index in [-0.39, 0.29) is 5.75 Å². The van der Waals surface area contributed by atoms with Gasteiger partial charge in [-0.15, -0.1) is 0 Å². The number of nitrogens with zero attached hydrogens (tertiary/aromatic N) is 3. The van der Waals surface area contributed by atoms with Crippen LogP contribution in [0.4, 0.5) is 0 Å². The minimum absolute atomic E-state index is 0.148. The Morgan fingerprint density at radius 2 is 1.96 bits per heavy atom. The predicted molar refractivity (Wildman–Crippen MR) is 107 cm³/mol. The fourth-order valence-corrected chi connectivity index (χ4v) is 4.84. The van der Waals surface area contributed by atoms with Gasteiger partial charge >= 0.3 is 0 Å². The Morgan fingerprint density at radius 3 is 2.67 bits per heavy atom. The lowest BCUT2D eigenvalue weighted by molar-refractivity contribution is 0.171. The smallest absolute Gasteiger partial charge is 0.213 e. The number of imidazole rings is 1. The second-order valence-electron chi connectivity index (χ2n) is 6.33. The van der Waals surface area contributed by atoms with Gasteiger partial charge in [-0.25, -0.2) is 17.7 Å². The number of hydrogen-bond acceptors (Lipinski definition) is 6. The number of hydrogen-bond donors (Lipinski definition) is 0. The largest absolute Gasteiger partial charge is 0.486 e. The summed E-state index contributed by atoms with van der Waals surface area (Å²) in [5.41, 5.74) is 2.04. The SMILES string of the molecule is CCn1c(-c2ccc3c(c2)OCCO3)cnc1SCCCS(=O)(=O)N(C)C. The first-order valence-electron chi connectivity index (χ1n) is 8.91. The first-order chi connectivity index (χ1) is 12.9. The quantitative estimate of drug-likeness (QED) is 0.491. The molecule has 0 fully saturated rings. The van der Waals surface area contributed by atoms with Crippen molar-refractivity contribution < 1.29 is 17.9 Å². The molecular weight excluding hydrogens is 386 g/mol. The number of thioether (sulfide) groups is 1. The molecule has 27 heavy (non-hydrogen) atoms. The minimum atomic E-state index is -3.15. The zero-order valence-corrected chi connectivity index (χ0v) is 17.5. The monoisotopic (exact) mass is 411 g/mol. The molecule has 0 radical (unpaired) electrons. The maximum atomic E-state index is 11.8. The molecule has 0 atom stereocenters. The highest BCUT2D eigenvalue weighted by molar-refractivity contribution is 7.99. The maximum absolute atomic E-state index is 11.8. The summed E-state index contributed by atoms with van der Waals surface area (Å²) in [4.78, 5) is 4.54. The molecular formula is C18H25N3O4S2. The second-order valence-corrected chi connectivity index (χ2v) is 9.69. The van der Waals surface area contributed by atoms with Crippen molar-refractivity contribution in [1.29, 1.82) is 0 Å². The van der Waals surface area contributed by atoms with Crippen molar-refractivity contribution in [3.05, 3.63) is 24.4 Å². The molecule has 7 nitrogen and oxygen atoms in total. The van der Waals surface area contributed by atoms with Gasteiger partial charge in [-0.2, -0.15) is 0 Å². The Balaban J connectivity index is 1.70. The normalized spacial score (nSPS) is 13.9. The number of sulfonamides is 1. The molecule has 148 valence electrons. The van der Waals surface area contributed by atoms with E-state index in [1.54, 1.807) is 25.9 Å². The summed E-state index contributed by atoms with van der Waals surface area (Å²) in [5.74, 6) is 2.37. The van der Waals surface area contributed by atoms with E-state index in [2.05, 4.69) is 16.5 Å². The zero-order chi connectivity index (χ0) is 19.4. The first kappa shape index (κ1) is 20.0. The summed E-state index contributed by atoms with van der Waals surface area (Å²) in [7, 11) is -0.0251. The summed E-state index contributed by atoms with van der Waals surface area (Å²) in [6.07, 6.45) is 2.44. The van der Waals surface area contributed by atoms with Crippen LogP contribution in [0, 0.1) is 0 Å². The van der Waals surface area contributed by atoms with Gasteiger partial charge in [0, 0.05) is 32.0 Å². The molecule has 1 aromatic carbocycles. The van der Waals surface area contributed by atoms with Crippen molar-refractivity contribution >= 4 is 21.8 Å². The molecule has 2 aromatic rings. The Kier molecular flexibility index (Phi) is 6.33. The molecule has 2 heterocycles. The molecule has 0 aliphatic carbocycles. The summed E-state index contributed by atoms with van der Waals surface area (Å²) >= 11 is 1.58. The van der Waals surface area contributed by atoms with Gasteiger partial charge in [0.15, 0.2) is 16.7 Å². The Bertz CT molecular complexity index is 894. The van der Waals surface area contributed by atoms with Gasteiger partial charge in [-0.1, -0.05) is 11.8 Å². The van der Waals surface area contributed by atoms with E-state index in [1.165, 1.54) is 4.31 Å². The van der Waals surface area contributed by atoms with Crippen LogP contribution in [0.1, 0.15) is 13.3 Å². The van der Waals surface area contributed by atoms with Gasteiger partial charge in [0.2, 0.25) is 10.0 Å². The van der Waals surface area contributed by atoms with E-state index in [0.717, 1.165) is 34.5 Å². The molecule has 0 unspecified atom stereocenters. The summed E-state index contributed by atoms with van der Waals surface area (Å²) in [5, 5.41) is 0.893. The van der Waals surface area contributed by atoms with Gasteiger partial charge < -0.3 is 14.0 Å². The highest BCUT2D eigenvalue weighted by Crippen LogP contribution is 2.35. The molecule has 1 aliphatic rings. The fraction of sp³-hybridized carbons (Fsp3) is 0.500. The van der Waals surface area contributed by atoms with Crippen LogP contribution in [0.2, 0.25) is 0 Å². The van der Waals surface area contributed by atoms with Crippen LogP contribution >= 0.6 is 11.8 Å². The van der Waals surface area contributed by atoms with Crippen LogP contribution in [-0.2, 0) is 16.6 Å². The van der Waals surface area contributed by atoms with Gasteiger partial charge in [0.05, 0.1) is 17.6 Å². The summed E-state index contributed by atoms with van der Waals surface area (Å²) in [6, 6.07) is 5.92. The van der Waals surface area contributed by atoms with Gasteiger partial charge in [0.25, 0.3) is 0 Å². The fourth-order valence-electron chi connectivity index (χ4n) is 2.80. The third-order valence-electron chi connectivity index (χ3n) is 4.31. The predicted octanol–water partition coefficient (Wildman–Crippen LogP) is 2.71. The van der Waals surface area contributed by atoms with E-state index < -0.39 is 10.0 Å². The third kappa shape index (κ3) is 4.59. The van der Waals surface area contributed by atoms with Gasteiger partial charge in [0.1, 0.15) is 13.2 Å². The highest BCUT2D eigenvalue weighted by Gasteiger charge is 2.17. The lowest BCUT2D eigenvalue weighted by Crippen LogP contribution is -2.25. The maximum Gasteiger partial charge on any atom is 0.213 e. The van der Waals surface area contributed by atoms with Crippen LogP contribution in [0.5, 0.6) is 11.5 Å². The minimum Gasteiger partial charge on any atom is -0.486 e. The molecule has 0 spiro atoms. The topological polar surface area (TPSA) is 73.7 Å². The Morgan fingerprint density at radius 1 is 1.22 bits per heavy atom. The summed E-state index contributed by atoms with van der Waals surface area (Å²) < 4.78 is 38.4. The van der Waals surface area contributed by atoms with Crippen molar-refractivity contribution in [1.82, 2.24) is 13.9 Å². The number of benzene rings is 1. The van der Waals surface area contributed by atoms with Crippen molar-refractivity contribution in [2.24, 2.45) is 0 Å². The van der Waals surface area contributed by atoms with E-state index in [1.807, 2.05) is 24.4 Å². The van der Waals surface area contributed by atoms with Crippen LogP contribution < -0.4 is 9.47 Å². The molecule has 0 saturated heterocycles. The van der Waals surface area contributed by atoms with Crippen LogP contribution in [0.3, 0.4) is 0 Å². The van der Waals surface area contributed by atoms with Crippen LogP contribution in [-0.4, -0.2) is 61.1 Å². The van der Waals surface area contributed by atoms with E-state index in [4.69, 9.17) is 9.47 Å². The Labute approximate surface area is 164 Å². The average molecular weight is 412 g/mol. The highest BCUT2D eigenvalue weighted by atomic mass is 32.2. The number of rotatable bonds is 8. The number of fused-ring (bicyclic) bond motifs is 1. The average Bonchev–Trinajstić information content (AvgIpc) is 3.07. The Hall–Kier alpha value is -1.71. The second kappa shape index (κ2) is 8.53. The molecule has 0 amide bonds. The van der Waals surface area contributed by atoms with E-state index in [9.17, 15) is 8.42 Å². The number of ether oxygens (including phenoxy) is 2. The molecule has 0 bridgehead atoms. The zero-order valence-electron chi connectivity index (χ0n) is 15.8. The van der Waals surface area contributed by atoms with Crippen molar-refractivity contribution in [3.8, 4) is 22.8 Å². The first-order valence-corrected chi connectivity index (χ1v) is 11.5. The van der Waals surface area contributed by atoms with Crippen molar-refractivity contribution in [2.75, 3.05) is 38.8 Å². The van der Waals surface area contributed by atoms with Gasteiger partial charge in [-0.3, -0.25) is 0 Å². The van der Waals surface area contributed by atoms with Crippen molar-refractivity contribution in [2.45, 2.75) is 25.0 Å². The molecule has 3 rings (SSSR count). The number of aromatic nitrogens is 2. The third-order valence-corrected chi connectivity index (χ3v) is 7.30. The van der Waals surface area contributed by atoms with E-state index >= 15 is 0 Å². The van der Waals surface area contributed by atoms with Crippen molar-refractivity contribution in [3.63, 3.8) is 0 Å². The molecule has 9 heteroatoms. The molecule has 0 N–H and O–H groups in total. The lowest BCUT2D eigenvalue weighted by atomic mass is 10.1. The molecule has 1 aliphatic heterocycles. The molecule has 0 saturated carbocycles. The standard InChI is InChI=1S/C18H25N3O4S2/c1-4-21-15(14-6-7-16-17(12-14)25-9-8-24-16)13-19-18(21)26-10-5-11-27(22,23)20(2)3/h6-7,12-13H,4-5,8-11H2,1-3H3. The molecule has 1 aromatic heterocycles. The van der Waals surface area contributed by atoms with Crippen LogP contribution in [0.25, 0.3) is 11.3 Å². The summed E-state index contributed by atoms with van der Waals surface area (Å²) in [6.45, 7) is 3.98. The lowest BCUT2D eigenvalue weighted by Gasteiger charge is -2.19. The van der Waals surface area contributed by atoms with Crippen LogP contribution in [0.15, 0.2) is 29.6 Å². The van der Waals surface area contributed by atoms with Gasteiger partial charge in [-0.05, 0) is 31.5 Å².